The molecular formula is C39H44F2N6O5. The minimum absolute atomic E-state index is 0.00848. The van der Waals surface area contributed by atoms with E-state index in [4.69, 9.17) is 0 Å². The number of nitrogens with one attached hydrogen (secondary N) is 1. The second-order valence-corrected chi connectivity index (χ2v) is 12.6. The summed E-state index contributed by atoms with van der Waals surface area (Å²) in [6, 6.07) is 30.0. The lowest BCUT2D eigenvalue weighted by Gasteiger charge is -2.37. The zero-order valence-electron chi connectivity index (χ0n) is 28.8. The summed E-state index contributed by atoms with van der Waals surface area (Å²) in [7, 11) is 0. The highest BCUT2D eigenvalue weighted by atomic mass is 19.1. The van der Waals surface area contributed by atoms with Crippen LogP contribution in [0.4, 0.5) is 20.2 Å². The molecule has 11 nitrogen and oxygen atoms in total. The molecule has 0 spiro atoms. The fourth-order valence-corrected chi connectivity index (χ4v) is 6.37. The summed E-state index contributed by atoms with van der Waals surface area (Å²) < 4.78 is 26.1. The normalized spacial score (nSPS) is 15.6. The minimum atomic E-state index is -0.716. The zero-order valence-corrected chi connectivity index (χ0v) is 28.8. The summed E-state index contributed by atoms with van der Waals surface area (Å²) in [4.78, 5) is 44.0. The molecule has 0 radical (unpaired) electrons. The Kier molecular flexibility index (Phi) is 13.7. The third-order valence-corrected chi connectivity index (χ3v) is 9.36. The van der Waals surface area contributed by atoms with Gasteiger partial charge in [0.2, 0.25) is 18.2 Å². The third-order valence-electron chi connectivity index (χ3n) is 9.36. The van der Waals surface area contributed by atoms with E-state index in [1.54, 1.807) is 53.4 Å². The molecule has 0 aliphatic carbocycles. The van der Waals surface area contributed by atoms with Crippen LogP contribution in [0.2, 0.25) is 0 Å². The van der Waals surface area contributed by atoms with E-state index in [2.05, 4.69) is 15.3 Å². The van der Waals surface area contributed by atoms with E-state index in [1.807, 2.05) is 41.3 Å². The SMILES string of the molecule is O=C(CC(NO)c1ccccc1)N1CCN(c2ccc(F)cc2)CC1.O=CN(O)C(CC(=O)N1CCN(c2ccc(F)cc2)CC1)c1ccccc1. The number of amides is 3. The van der Waals surface area contributed by atoms with Crippen LogP contribution in [0, 0.1) is 11.6 Å². The van der Waals surface area contributed by atoms with Crippen LogP contribution in [0.3, 0.4) is 0 Å². The van der Waals surface area contributed by atoms with Gasteiger partial charge in [-0.1, -0.05) is 60.7 Å². The molecule has 2 aliphatic rings. The van der Waals surface area contributed by atoms with Crippen molar-refractivity contribution in [3.63, 3.8) is 0 Å². The summed E-state index contributed by atoms with van der Waals surface area (Å²) in [5.74, 6) is -0.637. The van der Waals surface area contributed by atoms with E-state index in [0.717, 1.165) is 16.9 Å². The number of carbonyl (C=O) groups excluding carboxylic acids is 3. The van der Waals surface area contributed by atoms with Crippen molar-refractivity contribution >= 4 is 29.6 Å². The van der Waals surface area contributed by atoms with Gasteiger partial charge in [-0.3, -0.25) is 19.6 Å². The molecule has 2 aliphatic heterocycles. The van der Waals surface area contributed by atoms with Crippen LogP contribution in [0.1, 0.15) is 36.1 Å². The molecule has 52 heavy (non-hydrogen) atoms. The molecule has 274 valence electrons. The van der Waals surface area contributed by atoms with Crippen LogP contribution in [0.15, 0.2) is 109 Å². The molecule has 3 amide bonds. The van der Waals surface area contributed by atoms with E-state index in [-0.39, 0.29) is 36.3 Å². The van der Waals surface area contributed by atoms with Crippen molar-refractivity contribution < 1.29 is 33.6 Å². The van der Waals surface area contributed by atoms with Crippen molar-refractivity contribution in [1.29, 1.82) is 0 Å². The van der Waals surface area contributed by atoms with Gasteiger partial charge in [0.15, 0.2) is 0 Å². The van der Waals surface area contributed by atoms with Gasteiger partial charge in [0, 0.05) is 70.2 Å². The zero-order chi connectivity index (χ0) is 36.9. The fraction of sp³-hybridized carbons (Fsp3) is 0.308. The van der Waals surface area contributed by atoms with Gasteiger partial charge in [-0.15, -0.1) is 0 Å². The number of carbonyl (C=O) groups is 3. The van der Waals surface area contributed by atoms with E-state index < -0.39 is 12.1 Å². The Balaban J connectivity index is 0.000000202. The van der Waals surface area contributed by atoms with Crippen LogP contribution in [0.5, 0.6) is 0 Å². The molecule has 6 rings (SSSR count). The standard InChI is InChI=1S/C20H22FN3O3.C19H22FN3O2/c21-17-6-8-18(9-7-17)22-10-12-23(13-11-22)20(26)14-19(24(27)15-25)16-4-2-1-3-5-16;20-16-6-8-17(9-7-16)22-10-12-23(13-11-22)19(24)14-18(21-25)15-4-2-1-3-5-15/h1-9,15,19,27H,10-14H2;1-9,18,21,25H,10-14H2. The van der Waals surface area contributed by atoms with Crippen molar-refractivity contribution in [2.24, 2.45) is 0 Å². The van der Waals surface area contributed by atoms with E-state index in [0.29, 0.717) is 69.4 Å². The molecule has 2 fully saturated rings. The van der Waals surface area contributed by atoms with Gasteiger partial charge in [-0.05, 0) is 59.7 Å². The average Bonchev–Trinajstić information content (AvgIpc) is 3.20. The van der Waals surface area contributed by atoms with Gasteiger partial charge in [0.05, 0.1) is 18.5 Å². The smallest absolute Gasteiger partial charge is 0.233 e. The van der Waals surface area contributed by atoms with Crippen molar-refractivity contribution in [1.82, 2.24) is 20.3 Å². The van der Waals surface area contributed by atoms with Crippen LogP contribution in [-0.4, -0.2) is 95.9 Å². The summed E-state index contributed by atoms with van der Waals surface area (Å²) in [6.07, 6.45) is 0.532. The number of nitrogens with zero attached hydrogens (tertiary/aromatic N) is 5. The Morgan fingerprint density at radius 3 is 1.44 bits per heavy atom. The molecule has 3 N–H and O–H groups in total. The van der Waals surface area contributed by atoms with Crippen LogP contribution in [0.25, 0.3) is 0 Å². The number of anilines is 2. The maximum atomic E-state index is 13.1. The highest BCUT2D eigenvalue weighted by Crippen LogP contribution is 2.25. The number of rotatable bonds is 11. The lowest BCUT2D eigenvalue weighted by Crippen LogP contribution is -2.49. The molecule has 2 atom stereocenters. The lowest BCUT2D eigenvalue weighted by molar-refractivity contribution is -0.164. The Morgan fingerprint density at radius 2 is 1.04 bits per heavy atom. The van der Waals surface area contributed by atoms with Gasteiger partial charge in [0.25, 0.3) is 0 Å². The van der Waals surface area contributed by atoms with Crippen LogP contribution < -0.4 is 15.3 Å². The molecule has 2 unspecified atom stereocenters. The van der Waals surface area contributed by atoms with Crippen LogP contribution >= 0.6 is 0 Å². The highest BCUT2D eigenvalue weighted by molar-refractivity contribution is 5.78. The van der Waals surface area contributed by atoms with Crippen molar-refractivity contribution in [3.8, 4) is 0 Å². The van der Waals surface area contributed by atoms with Crippen LogP contribution in [-0.2, 0) is 14.4 Å². The predicted molar refractivity (Wildman–Crippen MR) is 193 cm³/mol. The van der Waals surface area contributed by atoms with Gasteiger partial charge in [-0.25, -0.2) is 13.8 Å². The van der Waals surface area contributed by atoms with Crippen molar-refractivity contribution in [2.75, 3.05) is 62.2 Å². The lowest BCUT2D eigenvalue weighted by atomic mass is 10.0. The Morgan fingerprint density at radius 1 is 0.635 bits per heavy atom. The molecule has 0 saturated carbocycles. The van der Waals surface area contributed by atoms with Gasteiger partial charge in [-0.2, -0.15) is 5.48 Å². The summed E-state index contributed by atoms with van der Waals surface area (Å²) in [5.41, 5.74) is 5.70. The molecule has 2 saturated heterocycles. The number of benzene rings is 4. The average molecular weight is 715 g/mol. The van der Waals surface area contributed by atoms with E-state index >= 15 is 0 Å². The maximum absolute atomic E-state index is 13.1. The van der Waals surface area contributed by atoms with Gasteiger partial charge < -0.3 is 24.8 Å². The molecule has 2 heterocycles. The number of hydrogen-bond donors (Lipinski definition) is 3. The molecule has 4 aromatic rings. The minimum Gasteiger partial charge on any atom is -0.368 e. The monoisotopic (exact) mass is 714 g/mol. The molecule has 4 aromatic carbocycles. The number of halogens is 2. The summed E-state index contributed by atoms with van der Waals surface area (Å²) in [6.45, 7) is 4.99. The number of piperazine rings is 2. The second-order valence-electron chi connectivity index (χ2n) is 12.6. The number of hydrogen-bond acceptors (Lipinski definition) is 8. The molecule has 13 heteroatoms. The first kappa shape index (κ1) is 37.9. The highest BCUT2D eigenvalue weighted by Gasteiger charge is 2.27. The first-order valence-electron chi connectivity index (χ1n) is 17.2. The first-order valence-corrected chi connectivity index (χ1v) is 17.2. The summed E-state index contributed by atoms with van der Waals surface area (Å²) >= 11 is 0. The topological polar surface area (TPSA) is 120 Å². The maximum Gasteiger partial charge on any atom is 0.233 e. The molecule has 0 aromatic heterocycles. The second kappa shape index (κ2) is 18.7. The Hall–Kier alpha value is -5.37. The predicted octanol–water partition coefficient (Wildman–Crippen LogP) is 5.04. The Labute approximate surface area is 302 Å². The van der Waals surface area contributed by atoms with Crippen molar-refractivity contribution in [2.45, 2.75) is 24.9 Å². The van der Waals surface area contributed by atoms with E-state index in [1.165, 1.54) is 24.3 Å². The molecule has 0 bridgehead atoms. The summed E-state index contributed by atoms with van der Waals surface area (Å²) in [5, 5.41) is 19.8. The van der Waals surface area contributed by atoms with Gasteiger partial charge >= 0.3 is 0 Å². The largest absolute Gasteiger partial charge is 0.368 e. The number of hydroxylamine groups is 3. The first-order chi connectivity index (χ1) is 25.2. The third kappa shape index (κ3) is 10.3. The fourth-order valence-electron chi connectivity index (χ4n) is 6.37. The quantitative estimate of drug-likeness (QED) is 0.112. The molecular weight excluding hydrogens is 670 g/mol. The van der Waals surface area contributed by atoms with Gasteiger partial charge in [0.1, 0.15) is 11.6 Å². The Bertz CT molecular complexity index is 1700. The van der Waals surface area contributed by atoms with Crippen molar-refractivity contribution in [3.05, 3.63) is 132 Å². The van der Waals surface area contributed by atoms with E-state index in [9.17, 15) is 33.6 Å².